The van der Waals surface area contributed by atoms with E-state index < -0.39 is 5.41 Å². The number of rotatable bonds is 2. The third-order valence-electron chi connectivity index (χ3n) is 10.7. The zero-order valence-electron chi connectivity index (χ0n) is 25.9. The Labute approximate surface area is 277 Å². The standard InChI is InChI=1S/C45H27N3/c1-2-11-28(12-3-1)29-21-22-41-34(25-29)44-35(32-23-24-46-26-40(32)47-44)27-48(41)42-20-10-19-39-43(42)33-15-6-9-18-38(33)45(39)36-16-7-4-13-30(36)31-14-5-8-17-37(31)45/h1-27H. The molecule has 0 bridgehead atoms. The zero-order chi connectivity index (χ0) is 31.4. The van der Waals surface area contributed by atoms with E-state index in [1.807, 2.05) is 12.4 Å². The molecule has 0 atom stereocenters. The molecule has 1 spiro atoms. The summed E-state index contributed by atoms with van der Waals surface area (Å²) in [7, 11) is 0. The summed E-state index contributed by atoms with van der Waals surface area (Å²) in [6, 6.07) is 53.4. The molecule has 0 amide bonds. The molecule has 1 aromatic heterocycles. The molecular weight excluding hydrogens is 583 g/mol. The third kappa shape index (κ3) is 3.18. The van der Waals surface area contributed by atoms with Crippen molar-refractivity contribution in [3.05, 3.63) is 186 Å². The van der Waals surface area contributed by atoms with Crippen LogP contribution in [0.1, 0.15) is 22.3 Å². The number of fused-ring (bicyclic) bond motifs is 15. The summed E-state index contributed by atoms with van der Waals surface area (Å²) in [5.41, 5.74) is 17.9. The van der Waals surface area contributed by atoms with Crippen LogP contribution in [0.15, 0.2) is 164 Å². The first kappa shape index (κ1) is 25.8. The largest absolute Gasteiger partial charge is 0.315 e. The van der Waals surface area contributed by atoms with E-state index in [2.05, 4.69) is 161 Å². The monoisotopic (exact) mass is 609 g/mol. The summed E-state index contributed by atoms with van der Waals surface area (Å²) in [5, 5.41) is 2.24. The van der Waals surface area contributed by atoms with E-state index in [4.69, 9.17) is 4.98 Å². The predicted molar refractivity (Wildman–Crippen MR) is 195 cm³/mol. The Morgan fingerprint density at radius 3 is 1.94 bits per heavy atom. The second kappa shape index (κ2) is 9.37. The smallest absolute Gasteiger partial charge is 0.0900 e. The highest BCUT2D eigenvalue weighted by Gasteiger charge is 2.52. The summed E-state index contributed by atoms with van der Waals surface area (Å²) >= 11 is 0. The molecule has 3 nitrogen and oxygen atoms in total. The van der Waals surface area contributed by atoms with Gasteiger partial charge in [0.25, 0.3) is 0 Å². The van der Waals surface area contributed by atoms with Gasteiger partial charge >= 0.3 is 0 Å². The highest BCUT2D eigenvalue weighted by molar-refractivity contribution is 6.08. The molecule has 0 N–H and O–H groups in total. The van der Waals surface area contributed by atoms with Gasteiger partial charge < -0.3 is 4.57 Å². The van der Waals surface area contributed by atoms with Gasteiger partial charge in [-0.05, 0) is 74.3 Å². The highest BCUT2D eigenvalue weighted by Crippen LogP contribution is 2.63. The van der Waals surface area contributed by atoms with E-state index in [9.17, 15) is 0 Å². The summed E-state index contributed by atoms with van der Waals surface area (Å²) < 4.78 is 2.41. The number of aromatic nitrogens is 3. The van der Waals surface area contributed by atoms with Crippen molar-refractivity contribution >= 4 is 21.8 Å². The molecule has 0 saturated heterocycles. The van der Waals surface area contributed by atoms with Crippen LogP contribution in [0.4, 0.5) is 0 Å². The zero-order valence-corrected chi connectivity index (χ0v) is 25.9. The first-order chi connectivity index (χ1) is 23.8. The van der Waals surface area contributed by atoms with Crippen LogP contribution in [0.3, 0.4) is 0 Å². The Morgan fingerprint density at radius 1 is 0.500 bits per heavy atom. The van der Waals surface area contributed by atoms with Crippen molar-refractivity contribution in [2.24, 2.45) is 0 Å². The normalized spacial score (nSPS) is 13.6. The van der Waals surface area contributed by atoms with Crippen molar-refractivity contribution in [3.63, 3.8) is 0 Å². The summed E-state index contributed by atoms with van der Waals surface area (Å²) in [4.78, 5) is 9.57. The number of benzene rings is 6. The average molecular weight is 610 g/mol. The molecule has 0 saturated carbocycles. The molecule has 7 aromatic rings. The van der Waals surface area contributed by atoms with Gasteiger partial charge in [-0.1, -0.05) is 121 Å². The predicted octanol–water partition coefficient (Wildman–Crippen LogP) is 10.7. The van der Waals surface area contributed by atoms with Gasteiger partial charge in [-0.3, -0.25) is 4.98 Å². The SMILES string of the molecule is c1ccc(-c2ccc3c(c2)c2nc4cnccc4c-2cn3-c2cccc3c2-c2ccccc2C32c3ccccc3-c3ccccc32)cc1. The molecule has 0 fully saturated rings. The van der Waals surface area contributed by atoms with Gasteiger partial charge in [0, 0.05) is 34.3 Å². The Morgan fingerprint density at radius 2 is 1.17 bits per heavy atom. The molecule has 3 heterocycles. The fourth-order valence-electron chi connectivity index (χ4n) is 8.82. The fourth-order valence-corrected chi connectivity index (χ4v) is 8.82. The third-order valence-corrected chi connectivity index (χ3v) is 10.7. The summed E-state index contributed by atoms with van der Waals surface area (Å²) in [6.45, 7) is 0. The molecule has 0 radical (unpaired) electrons. The van der Waals surface area contributed by atoms with Crippen LogP contribution >= 0.6 is 0 Å². The van der Waals surface area contributed by atoms with Crippen LogP contribution in [-0.4, -0.2) is 14.5 Å². The van der Waals surface area contributed by atoms with E-state index in [1.54, 1.807) is 0 Å². The highest BCUT2D eigenvalue weighted by atomic mass is 15.0. The topological polar surface area (TPSA) is 30.7 Å². The number of hydrogen-bond donors (Lipinski definition) is 0. The first-order valence-electron chi connectivity index (χ1n) is 16.5. The Balaban J connectivity index is 1.27. The second-order valence-electron chi connectivity index (χ2n) is 13.0. The lowest BCUT2D eigenvalue weighted by atomic mass is 9.70. The lowest BCUT2D eigenvalue weighted by Gasteiger charge is -2.30. The quantitative estimate of drug-likeness (QED) is 0.195. The van der Waals surface area contributed by atoms with Gasteiger partial charge in [-0.15, -0.1) is 0 Å². The van der Waals surface area contributed by atoms with Crippen molar-refractivity contribution in [1.29, 1.82) is 0 Å². The van der Waals surface area contributed by atoms with Crippen molar-refractivity contribution in [2.75, 3.05) is 0 Å². The molecule has 2 aliphatic carbocycles. The van der Waals surface area contributed by atoms with Crippen LogP contribution in [0.25, 0.3) is 72.1 Å². The maximum Gasteiger partial charge on any atom is 0.0900 e. The van der Waals surface area contributed by atoms with Crippen LogP contribution in [0.2, 0.25) is 0 Å². The van der Waals surface area contributed by atoms with Crippen molar-refractivity contribution < 1.29 is 0 Å². The lowest BCUT2D eigenvalue weighted by Crippen LogP contribution is -2.25. The van der Waals surface area contributed by atoms with Gasteiger partial charge in [0.1, 0.15) is 0 Å². The maximum atomic E-state index is 5.15. The van der Waals surface area contributed by atoms with E-state index >= 15 is 0 Å². The van der Waals surface area contributed by atoms with Gasteiger partial charge in [0.2, 0.25) is 0 Å². The second-order valence-corrected chi connectivity index (χ2v) is 13.0. The fraction of sp³-hybridized carbons (Fsp3) is 0.0222. The number of pyridine rings is 2. The number of nitrogens with zero attached hydrogens (tertiary/aromatic N) is 3. The molecule has 11 rings (SSSR count). The van der Waals surface area contributed by atoms with E-state index in [0.717, 1.165) is 33.1 Å². The summed E-state index contributed by atoms with van der Waals surface area (Å²) in [6.07, 6.45) is 6.05. The van der Waals surface area contributed by atoms with Crippen LogP contribution in [-0.2, 0) is 5.41 Å². The van der Waals surface area contributed by atoms with E-state index in [1.165, 1.54) is 61.3 Å². The molecule has 4 aliphatic rings. The Bertz CT molecular complexity index is 2690. The van der Waals surface area contributed by atoms with Gasteiger partial charge in [-0.25, -0.2) is 4.98 Å². The van der Waals surface area contributed by atoms with Crippen molar-refractivity contribution in [3.8, 4) is 50.3 Å². The van der Waals surface area contributed by atoms with Gasteiger partial charge in [0.15, 0.2) is 0 Å². The van der Waals surface area contributed by atoms with Crippen LogP contribution < -0.4 is 0 Å². The first-order valence-corrected chi connectivity index (χ1v) is 16.5. The van der Waals surface area contributed by atoms with Crippen LogP contribution in [0.5, 0.6) is 0 Å². The van der Waals surface area contributed by atoms with Crippen LogP contribution in [0, 0.1) is 0 Å². The van der Waals surface area contributed by atoms with E-state index in [0.29, 0.717) is 0 Å². The average Bonchev–Trinajstić information content (AvgIpc) is 3.79. The molecule has 6 aromatic carbocycles. The molecule has 48 heavy (non-hydrogen) atoms. The molecule has 3 heteroatoms. The molecular formula is C45H27N3. The van der Waals surface area contributed by atoms with Gasteiger partial charge in [-0.2, -0.15) is 0 Å². The minimum atomic E-state index is -0.393. The minimum Gasteiger partial charge on any atom is -0.315 e. The maximum absolute atomic E-state index is 5.15. The molecule has 222 valence electrons. The molecule has 0 unspecified atom stereocenters. The summed E-state index contributed by atoms with van der Waals surface area (Å²) in [5.74, 6) is 0. The number of hydrogen-bond acceptors (Lipinski definition) is 2. The lowest BCUT2D eigenvalue weighted by molar-refractivity contribution is 0.793. The molecule has 2 aliphatic heterocycles. The van der Waals surface area contributed by atoms with E-state index in [-0.39, 0.29) is 0 Å². The Hall–Kier alpha value is -6.32. The Kier molecular flexibility index (Phi) is 5.04. The van der Waals surface area contributed by atoms with Crippen molar-refractivity contribution in [2.45, 2.75) is 5.41 Å². The van der Waals surface area contributed by atoms with Crippen molar-refractivity contribution in [1.82, 2.24) is 14.5 Å². The van der Waals surface area contributed by atoms with Gasteiger partial charge in [0.05, 0.1) is 34.0 Å². The minimum absolute atomic E-state index is 0.393.